The average molecular weight is 455 g/mol. The summed E-state index contributed by atoms with van der Waals surface area (Å²) < 4.78 is 6.65. The van der Waals surface area contributed by atoms with Crippen molar-refractivity contribution in [1.29, 1.82) is 0 Å². The molecule has 1 aromatic carbocycles. The number of hydrogen-bond donors (Lipinski definition) is 1. The number of hydrogen-bond acceptors (Lipinski definition) is 6. The Labute approximate surface area is 190 Å². The Morgan fingerprint density at radius 1 is 1.19 bits per heavy atom. The summed E-state index contributed by atoms with van der Waals surface area (Å²) in [5.41, 5.74) is 2.19. The van der Waals surface area contributed by atoms with Crippen LogP contribution in [0.25, 0.3) is 16.9 Å². The molecule has 3 aromatic rings. The Morgan fingerprint density at radius 3 is 2.59 bits per heavy atom. The van der Waals surface area contributed by atoms with E-state index in [0.29, 0.717) is 43.3 Å². The molecule has 1 fully saturated rings. The zero-order valence-corrected chi connectivity index (χ0v) is 18.3. The van der Waals surface area contributed by atoms with Crippen LogP contribution in [0.15, 0.2) is 48.8 Å². The minimum atomic E-state index is -0.321. The van der Waals surface area contributed by atoms with E-state index in [4.69, 9.17) is 16.3 Å². The SMILES string of the molecule is CCOC(=O)N1CCC(NC(=O)c2nnn(-c3ccc(Cl)cc3)c2-c2cccnc2)CC1. The lowest BCUT2D eigenvalue weighted by Gasteiger charge is -2.31. The van der Waals surface area contributed by atoms with Crippen LogP contribution in [0.2, 0.25) is 5.02 Å². The zero-order chi connectivity index (χ0) is 22.5. The van der Waals surface area contributed by atoms with Crippen molar-refractivity contribution < 1.29 is 14.3 Å². The molecule has 32 heavy (non-hydrogen) atoms. The number of halogens is 1. The van der Waals surface area contributed by atoms with E-state index in [-0.39, 0.29) is 23.7 Å². The lowest BCUT2D eigenvalue weighted by Crippen LogP contribution is -2.46. The summed E-state index contributed by atoms with van der Waals surface area (Å²) in [4.78, 5) is 30.9. The van der Waals surface area contributed by atoms with Crippen molar-refractivity contribution >= 4 is 23.6 Å². The molecular formula is C22H23ClN6O3. The first kappa shape index (κ1) is 21.8. The fourth-order valence-corrected chi connectivity index (χ4v) is 3.76. The molecule has 1 aliphatic heterocycles. The van der Waals surface area contributed by atoms with Gasteiger partial charge < -0.3 is 15.0 Å². The van der Waals surface area contributed by atoms with Crippen molar-refractivity contribution in [2.75, 3.05) is 19.7 Å². The molecule has 0 spiro atoms. The summed E-state index contributed by atoms with van der Waals surface area (Å²) in [6.07, 6.45) is 4.29. The summed E-state index contributed by atoms with van der Waals surface area (Å²) in [7, 11) is 0. The smallest absolute Gasteiger partial charge is 0.409 e. The number of rotatable bonds is 5. The summed E-state index contributed by atoms with van der Waals surface area (Å²) in [6, 6.07) is 10.7. The van der Waals surface area contributed by atoms with Crippen molar-refractivity contribution in [3.63, 3.8) is 0 Å². The Balaban J connectivity index is 1.55. The van der Waals surface area contributed by atoms with Gasteiger partial charge in [-0.05, 0) is 56.2 Å². The lowest BCUT2D eigenvalue weighted by molar-refractivity contribution is 0.0857. The highest BCUT2D eigenvalue weighted by molar-refractivity contribution is 6.30. The van der Waals surface area contributed by atoms with Gasteiger partial charge in [0.1, 0.15) is 5.69 Å². The second-order valence-corrected chi connectivity index (χ2v) is 7.79. The molecule has 10 heteroatoms. The van der Waals surface area contributed by atoms with Crippen molar-refractivity contribution in [1.82, 2.24) is 30.2 Å². The first-order chi connectivity index (χ1) is 15.6. The number of pyridine rings is 1. The number of piperidine rings is 1. The molecule has 0 radical (unpaired) electrons. The number of nitrogens with one attached hydrogen (secondary N) is 1. The number of carbonyl (C=O) groups is 2. The van der Waals surface area contributed by atoms with Crippen LogP contribution in [-0.2, 0) is 4.74 Å². The molecule has 1 N–H and O–H groups in total. The predicted octanol–water partition coefficient (Wildman–Crippen LogP) is 3.33. The van der Waals surface area contributed by atoms with E-state index < -0.39 is 0 Å². The number of carbonyl (C=O) groups excluding carboxylic acids is 2. The largest absolute Gasteiger partial charge is 0.450 e. The summed E-state index contributed by atoms with van der Waals surface area (Å²) in [5.74, 6) is -0.321. The maximum absolute atomic E-state index is 13.2. The maximum Gasteiger partial charge on any atom is 0.409 e. The van der Waals surface area contributed by atoms with Gasteiger partial charge in [0.2, 0.25) is 0 Å². The van der Waals surface area contributed by atoms with E-state index in [1.54, 1.807) is 47.1 Å². The van der Waals surface area contributed by atoms with Crippen molar-refractivity contribution in [3.05, 3.63) is 59.5 Å². The molecule has 3 heterocycles. The van der Waals surface area contributed by atoms with Gasteiger partial charge in [0.25, 0.3) is 5.91 Å². The van der Waals surface area contributed by atoms with Gasteiger partial charge in [-0.25, -0.2) is 9.48 Å². The van der Waals surface area contributed by atoms with Crippen molar-refractivity contribution in [2.45, 2.75) is 25.8 Å². The number of amides is 2. The van der Waals surface area contributed by atoms with Crippen LogP contribution in [-0.4, -0.2) is 62.6 Å². The van der Waals surface area contributed by atoms with E-state index in [1.165, 1.54) is 0 Å². The van der Waals surface area contributed by atoms with Gasteiger partial charge >= 0.3 is 6.09 Å². The molecule has 4 rings (SSSR count). The standard InChI is InChI=1S/C22H23ClN6O3/c1-2-32-22(31)28-12-9-17(10-13-28)25-21(30)19-20(15-4-3-11-24-14-15)29(27-26-19)18-7-5-16(23)6-8-18/h3-8,11,14,17H,2,9-10,12-13H2,1H3,(H,25,30). The summed E-state index contributed by atoms with van der Waals surface area (Å²) >= 11 is 6.02. The topological polar surface area (TPSA) is 102 Å². The Hall–Kier alpha value is -3.46. The molecule has 1 aliphatic rings. The number of nitrogens with zero attached hydrogens (tertiary/aromatic N) is 5. The second kappa shape index (κ2) is 9.78. The van der Waals surface area contributed by atoms with E-state index in [9.17, 15) is 9.59 Å². The highest BCUT2D eigenvalue weighted by Crippen LogP contribution is 2.26. The van der Waals surface area contributed by atoms with Gasteiger partial charge in [-0.15, -0.1) is 5.10 Å². The zero-order valence-electron chi connectivity index (χ0n) is 17.6. The molecular weight excluding hydrogens is 432 g/mol. The van der Waals surface area contributed by atoms with Gasteiger partial charge in [0.15, 0.2) is 5.69 Å². The molecule has 0 unspecified atom stereocenters. The van der Waals surface area contributed by atoms with Crippen LogP contribution in [0.1, 0.15) is 30.3 Å². The second-order valence-electron chi connectivity index (χ2n) is 7.35. The van der Waals surface area contributed by atoms with Crippen molar-refractivity contribution in [2.24, 2.45) is 0 Å². The highest BCUT2D eigenvalue weighted by Gasteiger charge is 2.28. The molecule has 166 valence electrons. The first-order valence-electron chi connectivity index (χ1n) is 10.4. The third-order valence-corrected chi connectivity index (χ3v) is 5.50. The van der Waals surface area contributed by atoms with Crippen LogP contribution in [0.3, 0.4) is 0 Å². The summed E-state index contributed by atoms with van der Waals surface area (Å²) in [5, 5.41) is 12.0. The van der Waals surface area contributed by atoms with Crippen LogP contribution < -0.4 is 5.32 Å². The number of benzene rings is 1. The van der Waals surface area contributed by atoms with Crippen LogP contribution in [0, 0.1) is 0 Å². The van der Waals surface area contributed by atoms with Crippen LogP contribution in [0.5, 0.6) is 0 Å². The van der Waals surface area contributed by atoms with Gasteiger partial charge in [-0.2, -0.15) is 0 Å². The van der Waals surface area contributed by atoms with E-state index in [2.05, 4.69) is 20.6 Å². The molecule has 0 saturated carbocycles. The first-order valence-corrected chi connectivity index (χ1v) is 10.8. The highest BCUT2D eigenvalue weighted by atomic mass is 35.5. The number of ether oxygens (including phenoxy) is 1. The van der Waals surface area contributed by atoms with E-state index in [0.717, 1.165) is 11.3 Å². The molecule has 2 aromatic heterocycles. The van der Waals surface area contributed by atoms with Crippen LogP contribution in [0.4, 0.5) is 4.79 Å². The predicted molar refractivity (Wildman–Crippen MR) is 119 cm³/mol. The lowest BCUT2D eigenvalue weighted by atomic mass is 10.0. The van der Waals surface area contributed by atoms with E-state index >= 15 is 0 Å². The van der Waals surface area contributed by atoms with Crippen molar-refractivity contribution in [3.8, 4) is 16.9 Å². The Bertz CT molecular complexity index is 1080. The normalized spacial score (nSPS) is 14.2. The maximum atomic E-state index is 13.2. The van der Waals surface area contributed by atoms with E-state index in [1.807, 2.05) is 18.2 Å². The molecule has 0 aliphatic carbocycles. The van der Waals surface area contributed by atoms with Gasteiger partial charge in [0.05, 0.1) is 12.3 Å². The summed E-state index contributed by atoms with van der Waals surface area (Å²) in [6.45, 7) is 3.17. The molecule has 0 bridgehead atoms. The van der Waals surface area contributed by atoms with Crippen LogP contribution >= 0.6 is 11.6 Å². The monoisotopic (exact) mass is 454 g/mol. The minimum Gasteiger partial charge on any atom is -0.450 e. The molecule has 2 amide bonds. The molecule has 9 nitrogen and oxygen atoms in total. The number of likely N-dealkylation sites (tertiary alicyclic amines) is 1. The minimum absolute atomic E-state index is 0.0735. The quantitative estimate of drug-likeness (QED) is 0.634. The molecule has 0 atom stereocenters. The van der Waals surface area contributed by atoms with Gasteiger partial charge in [-0.1, -0.05) is 16.8 Å². The third kappa shape index (κ3) is 4.72. The van der Waals surface area contributed by atoms with Gasteiger partial charge in [0, 0.05) is 42.1 Å². The van der Waals surface area contributed by atoms with Gasteiger partial charge in [-0.3, -0.25) is 9.78 Å². The average Bonchev–Trinajstić information content (AvgIpc) is 3.26. The third-order valence-electron chi connectivity index (χ3n) is 5.25. The molecule has 1 saturated heterocycles. The number of aromatic nitrogens is 4. The Kier molecular flexibility index (Phi) is 6.65. The fraction of sp³-hybridized carbons (Fsp3) is 0.318. The fourth-order valence-electron chi connectivity index (χ4n) is 3.63. The Morgan fingerprint density at radius 2 is 1.94 bits per heavy atom.